The number of rotatable bonds is 3. The lowest BCUT2D eigenvalue weighted by molar-refractivity contribution is -0.135. The van der Waals surface area contributed by atoms with Gasteiger partial charge in [-0.15, -0.1) is 0 Å². The van der Waals surface area contributed by atoms with Crippen molar-refractivity contribution in [1.82, 2.24) is 14.7 Å². The van der Waals surface area contributed by atoms with Crippen molar-refractivity contribution in [3.05, 3.63) is 29.3 Å². The number of likely N-dealkylation sites (N-methyl/N-ethyl adjacent to an activating group) is 1. The molecule has 0 radical (unpaired) electrons. The van der Waals surface area contributed by atoms with E-state index in [1.54, 1.807) is 0 Å². The number of nitrogens with one attached hydrogen (secondary N) is 1. The van der Waals surface area contributed by atoms with Gasteiger partial charge < -0.3 is 15.1 Å². The molecule has 3 rings (SSSR count). The van der Waals surface area contributed by atoms with Gasteiger partial charge in [0.15, 0.2) is 0 Å². The molecule has 0 spiro atoms. The molecule has 2 saturated heterocycles. The van der Waals surface area contributed by atoms with E-state index in [1.165, 1.54) is 0 Å². The summed E-state index contributed by atoms with van der Waals surface area (Å²) in [5.74, 6) is 0.242. The fourth-order valence-electron chi connectivity index (χ4n) is 4.10. The van der Waals surface area contributed by atoms with Crippen LogP contribution in [-0.4, -0.2) is 71.9 Å². The molecule has 0 aliphatic carbocycles. The third-order valence-electron chi connectivity index (χ3n) is 5.78. The second-order valence-corrected chi connectivity index (χ2v) is 7.70. The van der Waals surface area contributed by atoms with Gasteiger partial charge in [0.2, 0.25) is 5.91 Å². The molecule has 6 nitrogen and oxygen atoms in total. The van der Waals surface area contributed by atoms with Crippen LogP contribution in [0.3, 0.4) is 0 Å². The number of carbonyl (C=O) groups excluding carboxylic acids is 2. The van der Waals surface area contributed by atoms with Gasteiger partial charge in [0.05, 0.1) is 6.04 Å². The lowest BCUT2D eigenvalue weighted by Gasteiger charge is -2.29. The summed E-state index contributed by atoms with van der Waals surface area (Å²) >= 11 is 0. The van der Waals surface area contributed by atoms with Crippen molar-refractivity contribution in [2.75, 3.05) is 44.6 Å². The van der Waals surface area contributed by atoms with E-state index >= 15 is 0 Å². The van der Waals surface area contributed by atoms with Gasteiger partial charge in [0.1, 0.15) is 0 Å². The number of hydrogen-bond acceptors (Lipinski definition) is 3. The average Bonchev–Trinajstić information content (AvgIpc) is 3.00. The van der Waals surface area contributed by atoms with E-state index < -0.39 is 0 Å². The molecule has 3 amide bonds. The monoisotopic (exact) mass is 372 g/mol. The van der Waals surface area contributed by atoms with Crippen molar-refractivity contribution in [2.24, 2.45) is 0 Å². The van der Waals surface area contributed by atoms with Crippen LogP contribution in [0.1, 0.15) is 37.3 Å². The summed E-state index contributed by atoms with van der Waals surface area (Å²) < 4.78 is 0. The quantitative estimate of drug-likeness (QED) is 0.888. The highest BCUT2D eigenvalue weighted by molar-refractivity contribution is 5.90. The summed E-state index contributed by atoms with van der Waals surface area (Å²) in [6.45, 7) is 10.7. The van der Waals surface area contributed by atoms with E-state index in [2.05, 4.69) is 17.1 Å². The largest absolute Gasteiger partial charge is 0.339 e. The molecule has 1 aromatic rings. The first-order valence-corrected chi connectivity index (χ1v) is 10.2. The summed E-state index contributed by atoms with van der Waals surface area (Å²) in [5, 5.41) is 3.04. The number of anilines is 1. The standard InChI is InChI=1S/C21H32N4O2/c1-4-23-10-5-7-19(23)20(26)24-11-6-12-25(14-13-24)21(27)22-18-15-16(2)8-9-17(18)3/h8-9,15,19H,4-7,10-14H2,1-3H3,(H,22,27)/t19-/m0/s1. The Kier molecular flexibility index (Phi) is 6.37. The third-order valence-corrected chi connectivity index (χ3v) is 5.78. The van der Waals surface area contributed by atoms with E-state index in [0.717, 1.165) is 55.7 Å². The number of benzene rings is 1. The molecule has 0 saturated carbocycles. The van der Waals surface area contributed by atoms with Crippen LogP contribution in [0.2, 0.25) is 0 Å². The Morgan fingerprint density at radius 2 is 1.78 bits per heavy atom. The van der Waals surface area contributed by atoms with E-state index in [4.69, 9.17) is 0 Å². The highest BCUT2D eigenvalue weighted by Crippen LogP contribution is 2.20. The maximum absolute atomic E-state index is 12.9. The molecule has 0 unspecified atom stereocenters. The second-order valence-electron chi connectivity index (χ2n) is 7.70. The summed E-state index contributed by atoms with van der Waals surface area (Å²) in [5.41, 5.74) is 3.05. The van der Waals surface area contributed by atoms with Gasteiger partial charge in [-0.3, -0.25) is 9.69 Å². The Bertz CT molecular complexity index is 691. The lowest BCUT2D eigenvalue weighted by Crippen LogP contribution is -2.47. The number of nitrogens with zero attached hydrogens (tertiary/aromatic N) is 3. The second kappa shape index (κ2) is 8.74. The van der Waals surface area contributed by atoms with Gasteiger partial charge in [0, 0.05) is 31.9 Å². The van der Waals surface area contributed by atoms with Gasteiger partial charge in [-0.05, 0) is 63.4 Å². The number of carbonyl (C=O) groups is 2. The third kappa shape index (κ3) is 4.61. The molecule has 148 valence electrons. The van der Waals surface area contributed by atoms with Crippen molar-refractivity contribution in [2.45, 2.75) is 46.1 Å². The van der Waals surface area contributed by atoms with E-state index in [9.17, 15) is 9.59 Å². The van der Waals surface area contributed by atoms with Crippen molar-refractivity contribution in [3.63, 3.8) is 0 Å². The smallest absolute Gasteiger partial charge is 0.321 e. The molecule has 1 aromatic carbocycles. The predicted molar refractivity (Wildman–Crippen MR) is 108 cm³/mol. The molecule has 2 fully saturated rings. The molecule has 6 heteroatoms. The average molecular weight is 373 g/mol. The Labute approximate surface area is 162 Å². The van der Waals surface area contributed by atoms with Crippen molar-refractivity contribution >= 4 is 17.6 Å². The molecule has 0 aromatic heterocycles. The normalized spacial score (nSPS) is 21.2. The molecule has 2 aliphatic heterocycles. The van der Waals surface area contributed by atoms with Crippen LogP contribution in [-0.2, 0) is 4.79 Å². The lowest BCUT2D eigenvalue weighted by atomic mass is 10.1. The number of amides is 3. The van der Waals surface area contributed by atoms with E-state index in [1.807, 2.05) is 41.8 Å². The molecular formula is C21H32N4O2. The summed E-state index contributed by atoms with van der Waals surface area (Å²) in [6, 6.07) is 6.03. The van der Waals surface area contributed by atoms with Crippen LogP contribution in [0.5, 0.6) is 0 Å². The zero-order valence-corrected chi connectivity index (χ0v) is 16.8. The minimum absolute atomic E-state index is 0.0327. The van der Waals surface area contributed by atoms with Crippen molar-refractivity contribution < 1.29 is 9.59 Å². The van der Waals surface area contributed by atoms with Crippen LogP contribution in [0.25, 0.3) is 0 Å². The molecule has 1 N–H and O–H groups in total. The first-order valence-electron chi connectivity index (χ1n) is 10.2. The van der Waals surface area contributed by atoms with Crippen LogP contribution < -0.4 is 5.32 Å². The van der Waals surface area contributed by atoms with Crippen LogP contribution >= 0.6 is 0 Å². The van der Waals surface area contributed by atoms with Crippen molar-refractivity contribution in [3.8, 4) is 0 Å². The highest BCUT2D eigenvalue weighted by atomic mass is 16.2. The molecule has 2 heterocycles. The molecule has 27 heavy (non-hydrogen) atoms. The summed E-state index contributed by atoms with van der Waals surface area (Å²) in [6.07, 6.45) is 2.88. The Balaban J connectivity index is 1.58. The Morgan fingerprint density at radius 1 is 1.04 bits per heavy atom. The number of urea groups is 1. The number of likely N-dealkylation sites (tertiary alicyclic amines) is 1. The van der Waals surface area contributed by atoms with Crippen molar-refractivity contribution in [1.29, 1.82) is 0 Å². The van der Waals surface area contributed by atoms with Gasteiger partial charge in [0.25, 0.3) is 0 Å². The van der Waals surface area contributed by atoms with Gasteiger partial charge in [-0.1, -0.05) is 19.1 Å². The summed E-state index contributed by atoms with van der Waals surface area (Å²) in [4.78, 5) is 31.7. The number of hydrogen-bond donors (Lipinski definition) is 1. The van der Waals surface area contributed by atoms with Crippen LogP contribution in [0.15, 0.2) is 18.2 Å². The first kappa shape index (κ1) is 19.7. The fourth-order valence-corrected chi connectivity index (χ4v) is 4.10. The zero-order valence-electron chi connectivity index (χ0n) is 16.8. The highest BCUT2D eigenvalue weighted by Gasteiger charge is 2.33. The van der Waals surface area contributed by atoms with Gasteiger partial charge in [-0.2, -0.15) is 0 Å². The molecule has 0 bridgehead atoms. The summed E-state index contributed by atoms with van der Waals surface area (Å²) in [7, 11) is 0. The maximum atomic E-state index is 12.9. The topological polar surface area (TPSA) is 55.9 Å². The zero-order chi connectivity index (χ0) is 19.4. The SMILES string of the molecule is CCN1CCC[C@H]1C(=O)N1CCCN(C(=O)Nc2cc(C)ccc2C)CC1. The molecular weight excluding hydrogens is 340 g/mol. The van der Waals surface area contributed by atoms with Crippen LogP contribution in [0, 0.1) is 13.8 Å². The molecule has 1 atom stereocenters. The Hall–Kier alpha value is -2.08. The first-order chi connectivity index (χ1) is 13.0. The Morgan fingerprint density at radius 3 is 2.56 bits per heavy atom. The van der Waals surface area contributed by atoms with Crippen LogP contribution in [0.4, 0.5) is 10.5 Å². The molecule has 2 aliphatic rings. The minimum Gasteiger partial charge on any atom is -0.339 e. The maximum Gasteiger partial charge on any atom is 0.321 e. The predicted octanol–water partition coefficient (Wildman–Crippen LogP) is 2.85. The van der Waals surface area contributed by atoms with Gasteiger partial charge >= 0.3 is 6.03 Å². The van der Waals surface area contributed by atoms with Gasteiger partial charge in [-0.25, -0.2) is 4.79 Å². The van der Waals surface area contributed by atoms with E-state index in [-0.39, 0.29) is 18.0 Å². The fraction of sp³-hybridized carbons (Fsp3) is 0.619. The minimum atomic E-state index is -0.0750. The number of aryl methyl sites for hydroxylation is 2. The van der Waals surface area contributed by atoms with E-state index in [0.29, 0.717) is 19.6 Å².